The number of carbonyl (C=O) groups excluding carboxylic acids is 1. The number of amides is 1. The van der Waals surface area contributed by atoms with Gasteiger partial charge >= 0.3 is 0 Å². The SMILES string of the molecule is Cc1ccc2c3c1nc(N1CCN(C4CCCCC4)CC1)n3CCNC2=O. The third-order valence-corrected chi connectivity index (χ3v) is 6.63. The molecule has 0 unspecified atom stereocenters. The van der Waals surface area contributed by atoms with Crippen LogP contribution in [0, 0.1) is 6.92 Å². The predicted octanol–water partition coefficient (Wildman–Crippen LogP) is 2.54. The fraction of sp³-hybridized carbons (Fsp3) is 0.619. The second-order valence-corrected chi connectivity index (χ2v) is 8.26. The van der Waals surface area contributed by atoms with Gasteiger partial charge in [-0.2, -0.15) is 0 Å². The summed E-state index contributed by atoms with van der Waals surface area (Å²) >= 11 is 0. The van der Waals surface area contributed by atoms with Gasteiger partial charge in [-0.05, 0) is 31.4 Å². The van der Waals surface area contributed by atoms with Crippen LogP contribution in [0.5, 0.6) is 0 Å². The van der Waals surface area contributed by atoms with Crippen molar-refractivity contribution < 1.29 is 4.79 Å². The zero-order chi connectivity index (χ0) is 18.4. The topological polar surface area (TPSA) is 53.4 Å². The van der Waals surface area contributed by atoms with Gasteiger partial charge in [-0.15, -0.1) is 0 Å². The first-order valence-corrected chi connectivity index (χ1v) is 10.5. The molecule has 1 saturated carbocycles. The van der Waals surface area contributed by atoms with Crippen LogP contribution in [0.2, 0.25) is 0 Å². The van der Waals surface area contributed by atoms with Crippen LogP contribution in [0.15, 0.2) is 12.1 Å². The zero-order valence-electron chi connectivity index (χ0n) is 16.2. The molecule has 6 nitrogen and oxygen atoms in total. The van der Waals surface area contributed by atoms with E-state index in [4.69, 9.17) is 4.98 Å². The van der Waals surface area contributed by atoms with Crippen LogP contribution in [0.1, 0.15) is 48.0 Å². The minimum atomic E-state index is 0.0207. The van der Waals surface area contributed by atoms with Crippen LogP contribution in [-0.4, -0.2) is 59.1 Å². The highest BCUT2D eigenvalue weighted by atomic mass is 16.1. The Morgan fingerprint density at radius 1 is 1.04 bits per heavy atom. The van der Waals surface area contributed by atoms with Gasteiger partial charge in [0, 0.05) is 45.3 Å². The monoisotopic (exact) mass is 367 g/mol. The number of imidazole rings is 1. The maximum Gasteiger partial charge on any atom is 0.253 e. The van der Waals surface area contributed by atoms with Crippen LogP contribution >= 0.6 is 0 Å². The third kappa shape index (κ3) is 2.90. The van der Waals surface area contributed by atoms with Gasteiger partial charge in [-0.25, -0.2) is 4.98 Å². The number of piperazine rings is 1. The molecule has 144 valence electrons. The Hall–Kier alpha value is -2.08. The van der Waals surface area contributed by atoms with Crippen LogP contribution in [-0.2, 0) is 6.54 Å². The average Bonchev–Trinajstić information content (AvgIpc) is 3.01. The normalized spacial score (nSPS) is 22.1. The molecule has 0 radical (unpaired) electrons. The van der Waals surface area contributed by atoms with Crippen molar-refractivity contribution in [3.8, 4) is 0 Å². The van der Waals surface area contributed by atoms with E-state index in [2.05, 4.69) is 26.6 Å². The summed E-state index contributed by atoms with van der Waals surface area (Å²) in [5.41, 5.74) is 3.89. The molecular weight excluding hydrogens is 338 g/mol. The molecule has 2 fully saturated rings. The minimum Gasteiger partial charge on any atom is -0.350 e. The standard InChI is InChI=1S/C21H29N5O/c1-15-7-8-17-19-18(15)23-21(26(19)10-9-22-20(17)27)25-13-11-24(12-14-25)16-5-3-2-4-6-16/h7-8,16H,2-6,9-14H2,1H3,(H,22,27). The Kier molecular flexibility index (Phi) is 4.31. The number of aryl methyl sites for hydroxylation is 1. The van der Waals surface area contributed by atoms with E-state index in [0.29, 0.717) is 6.54 Å². The van der Waals surface area contributed by atoms with E-state index in [0.717, 1.165) is 66.9 Å². The number of hydrogen-bond donors (Lipinski definition) is 1. The van der Waals surface area contributed by atoms with Crippen molar-refractivity contribution in [3.05, 3.63) is 23.3 Å². The summed E-state index contributed by atoms with van der Waals surface area (Å²) in [6.07, 6.45) is 6.94. The summed E-state index contributed by atoms with van der Waals surface area (Å²) in [4.78, 5) is 22.6. The fourth-order valence-electron chi connectivity index (χ4n) is 5.10. The van der Waals surface area contributed by atoms with Crippen molar-refractivity contribution >= 4 is 22.9 Å². The first-order valence-electron chi connectivity index (χ1n) is 10.5. The van der Waals surface area contributed by atoms with Crippen LogP contribution < -0.4 is 10.2 Å². The molecule has 6 heteroatoms. The summed E-state index contributed by atoms with van der Waals surface area (Å²) in [6.45, 7) is 7.83. The van der Waals surface area contributed by atoms with Gasteiger partial charge in [0.25, 0.3) is 5.91 Å². The van der Waals surface area contributed by atoms with Crippen LogP contribution in [0.3, 0.4) is 0 Å². The molecule has 2 aromatic rings. The largest absolute Gasteiger partial charge is 0.350 e. The molecule has 1 aromatic heterocycles. The van der Waals surface area contributed by atoms with Gasteiger partial charge in [0.2, 0.25) is 5.95 Å². The maximum atomic E-state index is 12.4. The van der Waals surface area contributed by atoms with E-state index in [1.807, 2.05) is 12.1 Å². The highest BCUT2D eigenvalue weighted by Crippen LogP contribution is 2.30. The molecule has 3 heterocycles. The van der Waals surface area contributed by atoms with E-state index in [1.165, 1.54) is 32.1 Å². The van der Waals surface area contributed by atoms with E-state index in [-0.39, 0.29) is 5.91 Å². The Morgan fingerprint density at radius 2 is 1.81 bits per heavy atom. The van der Waals surface area contributed by atoms with Crippen LogP contribution in [0.4, 0.5) is 5.95 Å². The zero-order valence-corrected chi connectivity index (χ0v) is 16.2. The maximum absolute atomic E-state index is 12.4. The minimum absolute atomic E-state index is 0.0207. The van der Waals surface area contributed by atoms with Gasteiger partial charge in [0.05, 0.1) is 16.6 Å². The summed E-state index contributed by atoms with van der Waals surface area (Å²) in [7, 11) is 0. The highest BCUT2D eigenvalue weighted by Gasteiger charge is 2.29. The molecule has 0 bridgehead atoms. The van der Waals surface area contributed by atoms with Crippen molar-refractivity contribution in [2.45, 2.75) is 51.6 Å². The Balaban J connectivity index is 1.44. The molecule has 2 aliphatic heterocycles. The quantitative estimate of drug-likeness (QED) is 0.886. The summed E-state index contributed by atoms with van der Waals surface area (Å²) in [6, 6.07) is 4.75. The summed E-state index contributed by atoms with van der Waals surface area (Å²) in [5.74, 6) is 1.06. The highest BCUT2D eigenvalue weighted by molar-refractivity contribution is 6.06. The van der Waals surface area contributed by atoms with E-state index < -0.39 is 0 Å². The molecule has 0 spiro atoms. The van der Waals surface area contributed by atoms with E-state index >= 15 is 0 Å². The van der Waals surface area contributed by atoms with Crippen molar-refractivity contribution in [2.24, 2.45) is 0 Å². The first kappa shape index (κ1) is 17.0. The smallest absolute Gasteiger partial charge is 0.253 e. The number of aromatic nitrogens is 2. The molecule has 1 saturated heterocycles. The number of anilines is 1. The lowest BCUT2D eigenvalue weighted by molar-refractivity contribution is 0.0956. The molecule has 1 aliphatic carbocycles. The molecule has 3 aliphatic rings. The van der Waals surface area contributed by atoms with Gasteiger partial charge in [0.1, 0.15) is 0 Å². The Morgan fingerprint density at radius 3 is 2.59 bits per heavy atom. The van der Waals surface area contributed by atoms with Gasteiger partial charge in [-0.3, -0.25) is 9.69 Å². The van der Waals surface area contributed by atoms with Gasteiger partial charge in [-0.1, -0.05) is 25.3 Å². The lowest BCUT2D eigenvalue weighted by Gasteiger charge is -2.41. The Bertz CT molecular complexity index is 859. The lowest BCUT2D eigenvalue weighted by Crippen LogP contribution is -2.51. The van der Waals surface area contributed by atoms with Crippen molar-refractivity contribution in [2.75, 3.05) is 37.6 Å². The second kappa shape index (κ2) is 6.82. The molecule has 1 amide bonds. The molecule has 27 heavy (non-hydrogen) atoms. The fourth-order valence-corrected chi connectivity index (χ4v) is 5.10. The average molecular weight is 367 g/mol. The number of rotatable bonds is 2. The van der Waals surface area contributed by atoms with Crippen molar-refractivity contribution in [3.63, 3.8) is 0 Å². The van der Waals surface area contributed by atoms with Crippen molar-refractivity contribution in [1.29, 1.82) is 0 Å². The molecule has 1 aromatic carbocycles. The van der Waals surface area contributed by atoms with Gasteiger partial charge < -0.3 is 14.8 Å². The molecule has 1 N–H and O–H groups in total. The van der Waals surface area contributed by atoms with Crippen LogP contribution in [0.25, 0.3) is 11.0 Å². The number of benzene rings is 1. The number of carbonyl (C=O) groups is 1. The number of hydrogen-bond acceptors (Lipinski definition) is 4. The van der Waals surface area contributed by atoms with E-state index in [9.17, 15) is 4.79 Å². The number of nitrogens with zero attached hydrogens (tertiary/aromatic N) is 4. The Labute approximate surface area is 160 Å². The molecule has 0 atom stereocenters. The van der Waals surface area contributed by atoms with E-state index in [1.54, 1.807) is 0 Å². The summed E-state index contributed by atoms with van der Waals surface area (Å²) < 4.78 is 2.27. The predicted molar refractivity (Wildman–Crippen MR) is 107 cm³/mol. The van der Waals surface area contributed by atoms with Crippen molar-refractivity contribution in [1.82, 2.24) is 19.8 Å². The number of nitrogens with one attached hydrogen (secondary N) is 1. The summed E-state index contributed by atoms with van der Waals surface area (Å²) in [5, 5.41) is 3.02. The lowest BCUT2D eigenvalue weighted by atomic mass is 9.94. The first-order chi connectivity index (χ1) is 13.2. The second-order valence-electron chi connectivity index (χ2n) is 8.26. The molecular formula is C21H29N5O. The van der Waals surface area contributed by atoms with Gasteiger partial charge in [0.15, 0.2) is 0 Å². The molecule has 5 rings (SSSR count). The third-order valence-electron chi connectivity index (χ3n) is 6.63.